The average molecular weight is 286 g/mol. The van der Waals surface area contributed by atoms with Crippen molar-refractivity contribution in [2.24, 2.45) is 11.8 Å². The zero-order valence-corrected chi connectivity index (χ0v) is 12.0. The minimum atomic E-state index is -0.513. The number of rotatable bonds is 6. The lowest BCUT2D eigenvalue weighted by molar-refractivity contribution is 0.138. The summed E-state index contributed by atoms with van der Waals surface area (Å²) < 4.78 is 1.45. The van der Waals surface area contributed by atoms with E-state index in [0.29, 0.717) is 29.7 Å². The van der Waals surface area contributed by atoms with Crippen LogP contribution in [-0.4, -0.2) is 27.5 Å². The number of aliphatic hydroxyl groups is 1. The molecule has 0 saturated heterocycles. The van der Waals surface area contributed by atoms with Gasteiger partial charge in [-0.15, -0.1) is 0 Å². The normalized spacial score (nSPS) is 16.7. The molecule has 0 amide bonds. The zero-order valence-electron chi connectivity index (χ0n) is 11.3. The highest BCUT2D eigenvalue weighted by Crippen LogP contribution is 2.30. The summed E-state index contributed by atoms with van der Waals surface area (Å²) >= 11 is 6.00. The molecule has 1 unspecified atom stereocenters. The van der Waals surface area contributed by atoms with Crippen LogP contribution in [-0.2, 0) is 6.54 Å². The molecule has 106 valence electrons. The van der Waals surface area contributed by atoms with Crippen LogP contribution in [0.2, 0.25) is 5.02 Å². The van der Waals surface area contributed by atoms with Gasteiger partial charge in [-0.1, -0.05) is 25.4 Å². The fourth-order valence-corrected chi connectivity index (χ4v) is 1.94. The van der Waals surface area contributed by atoms with Crippen LogP contribution in [0.15, 0.2) is 11.0 Å². The zero-order chi connectivity index (χ0) is 14.0. The van der Waals surface area contributed by atoms with E-state index in [0.717, 1.165) is 12.8 Å². The Morgan fingerprint density at radius 2 is 2.26 bits per heavy atom. The molecular formula is C13H20ClN3O2. The maximum absolute atomic E-state index is 12.2. The van der Waals surface area contributed by atoms with Gasteiger partial charge in [0.05, 0.1) is 17.3 Å². The Morgan fingerprint density at radius 1 is 1.58 bits per heavy atom. The van der Waals surface area contributed by atoms with Crippen molar-refractivity contribution >= 4 is 17.3 Å². The fraction of sp³-hybridized carbons (Fsp3) is 0.692. The molecule has 0 aromatic carbocycles. The quantitative estimate of drug-likeness (QED) is 0.835. The van der Waals surface area contributed by atoms with E-state index < -0.39 is 6.10 Å². The molecule has 1 atom stereocenters. The molecule has 1 heterocycles. The van der Waals surface area contributed by atoms with Crippen LogP contribution in [0.1, 0.15) is 26.7 Å². The first kappa shape index (κ1) is 14.3. The second-order valence-electron chi connectivity index (χ2n) is 5.49. The van der Waals surface area contributed by atoms with Crippen molar-refractivity contribution in [3.05, 3.63) is 21.6 Å². The van der Waals surface area contributed by atoms with E-state index >= 15 is 0 Å². The van der Waals surface area contributed by atoms with Crippen molar-refractivity contribution in [1.29, 1.82) is 0 Å². The molecule has 1 aromatic rings. The Kier molecular flexibility index (Phi) is 4.47. The highest BCUT2D eigenvalue weighted by molar-refractivity contribution is 6.32. The smallest absolute Gasteiger partial charge is 0.291 e. The van der Waals surface area contributed by atoms with Gasteiger partial charge in [-0.25, -0.2) is 4.68 Å². The predicted octanol–water partition coefficient (Wildman–Crippen LogP) is 1.74. The highest BCUT2D eigenvalue weighted by Gasteiger charge is 2.23. The van der Waals surface area contributed by atoms with Crippen molar-refractivity contribution in [1.82, 2.24) is 9.78 Å². The highest BCUT2D eigenvalue weighted by atomic mass is 35.5. The van der Waals surface area contributed by atoms with Gasteiger partial charge in [-0.05, 0) is 24.7 Å². The van der Waals surface area contributed by atoms with Gasteiger partial charge in [0.2, 0.25) is 0 Å². The molecule has 2 rings (SSSR count). The summed E-state index contributed by atoms with van der Waals surface area (Å²) in [6.45, 7) is 4.80. The van der Waals surface area contributed by atoms with Crippen LogP contribution in [0.5, 0.6) is 0 Å². The monoisotopic (exact) mass is 285 g/mol. The molecule has 1 aromatic heterocycles. The van der Waals surface area contributed by atoms with Crippen molar-refractivity contribution in [2.75, 3.05) is 11.9 Å². The Balaban J connectivity index is 2.11. The van der Waals surface area contributed by atoms with E-state index in [-0.39, 0.29) is 11.5 Å². The first-order valence-corrected chi connectivity index (χ1v) is 7.04. The number of anilines is 1. The van der Waals surface area contributed by atoms with E-state index in [1.807, 2.05) is 13.8 Å². The number of nitrogens with one attached hydrogen (secondary N) is 1. The number of halogens is 1. The molecule has 0 aliphatic heterocycles. The molecule has 1 fully saturated rings. The largest absolute Gasteiger partial charge is 0.391 e. The lowest BCUT2D eigenvalue weighted by Gasteiger charge is -2.16. The lowest BCUT2D eigenvalue weighted by atomic mass is 10.1. The molecule has 6 heteroatoms. The second-order valence-corrected chi connectivity index (χ2v) is 5.90. The summed E-state index contributed by atoms with van der Waals surface area (Å²) in [6.07, 6.45) is 3.28. The minimum absolute atomic E-state index is 0.127. The van der Waals surface area contributed by atoms with Crippen molar-refractivity contribution < 1.29 is 5.11 Å². The molecular weight excluding hydrogens is 266 g/mol. The Hall–Kier alpha value is -1.07. The molecule has 2 N–H and O–H groups in total. The average Bonchev–Trinajstić information content (AvgIpc) is 3.16. The molecule has 0 spiro atoms. The maximum atomic E-state index is 12.2. The number of hydrogen-bond acceptors (Lipinski definition) is 4. The molecule has 0 radical (unpaired) electrons. The Labute approximate surface area is 117 Å². The van der Waals surface area contributed by atoms with Crippen LogP contribution in [0, 0.1) is 11.8 Å². The molecule has 1 aliphatic rings. The summed E-state index contributed by atoms with van der Waals surface area (Å²) in [7, 11) is 0. The van der Waals surface area contributed by atoms with Gasteiger partial charge in [0.25, 0.3) is 5.56 Å². The molecule has 19 heavy (non-hydrogen) atoms. The standard InChI is InChI=1S/C13H20ClN3O2/c1-8(2)11(18)6-15-12-10(14)5-16-17(13(12)19)7-9-3-4-9/h5,8-9,11,15,18H,3-4,6-7H2,1-2H3. The SMILES string of the molecule is CC(C)C(O)CNc1c(Cl)cnn(CC2CC2)c1=O. The maximum Gasteiger partial charge on any atom is 0.291 e. The Bertz CT molecular complexity index is 497. The van der Waals surface area contributed by atoms with Crippen molar-refractivity contribution in [2.45, 2.75) is 39.3 Å². The summed E-state index contributed by atoms with van der Waals surface area (Å²) in [5, 5.41) is 17.1. The van der Waals surface area contributed by atoms with Gasteiger partial charge in [-0.2, -0.15) is 5.10 Å². The number of hydrogen-bond donors (Lipinski definition) is 2. The van der Waals surface area contributed by atoms with Crippen molar-refractivity contribution in [3.8, 4) is 0 Å². The van der Waals surface area contributed by atoms with Crippen LogP contribution in [0.25, 0.3) is 0 Å². The fourth-order valence-electron chi connectivity index (χ4n) is 1.75. The van der Waals surface area contributed by atoms with Gasteiger partial charge in [0.15, 0.2) is 0 Å². The number of aliphatic hydroxyl groups excluding tert-OH is 1. The minimum Gasteiger partial charge on any atom is -0.391 e. The van der Waals surface area contributed by atoms with E-state index in [4.69, 9.17) is 11.6 Å². The van der Waals surface area contributed by atoms with Crippen LogP contribution in [0.4, 0.5) is 5.69 Å². The van der Waals surface area contributed by atoms with Crippen LogP contribution < -0.4 is 10.9 Å². The summed E-state index contributed by atoms with van der Waals surface area (Å²) in [5.41, 5.74) is 0.118. The third-order valence-corrected chi connectivity index (χ3v) is 3.67. The molecule has 1 aliphatic carbocycles. The number of nitrogens with zero attached hydrogens (tertiary/aromatic N) is 2. The van der Waals surface area contributed by atoms with Crippen LogP contribution in [0.3, 0.4) is 0 Å². The van der Waals surface area contributed by atoms with Crippen molar-refractivity contribution in [3.63, 3.8) is 0 Å². The molecule has 0 bridgehead atoms. The first-order valence-electron chi connectivity index (χ1n) is 6.66. The molecule has 5 nitrogen and oxygen atoms in total. The predicted molar refractivity (Wildman–Crippen MR) is 75.6 cm³/mol. The van der Waals surface area contributed by atoms with Gasteiger partial charge >= 0.3 is 0 Å². The van der Waals surface area contributed by atoms with Crippen LogP contribution >= 0.6 is 11.6 Å². The third kappa shape index (κ3) is 3.70. The molecule has 1 saturated carbocycles. The first-order chi connectivity index (χ1) is 8.99. The third-order valence-electron chi connectivity index (χ3n) is 3.38. The van der Waals surface area contributed by atoms with E-state index in [9.17, 15) is 9.90 Å². The Morgan fingerprint density at radius 3 is 2.84 bits per heavy atom. The van der Waals surface area contributed by atoms with Gasteiger partial charge in [-0.3, -0.25) is 4.79 Å². The van der Waals surface area contributed by atoms with E-state index in [1.165, 1.54) is 10.9 Å². The summed E-state index contributed by atoms with van der Waals surface area (Å²) in [6, 6.07) is 0. The topological polar surface area (TPSA) is 67.2 Å². The lowest BCUT2D eigenvalue weighted by Crippen LogP contribution is -2.31. The number of aromatic nitrogens is 2. The summed E-state index contributed by atoms with van der Waals surface area (Å²) in [4.78, 5) is 12.2. The van der Waals surface area contributed by atoms with E-state index in [1.54, 1.807) is 0 Å². The van der Waals surface area contributed by atoms with Gasteiger partial charge in [0.1, 0.15) is 5.69 Å². The van der Waals surface area contributed by atoms with Gasteiger partial charge < -0.3 is 10.4 Å². The van der Waals surface area contributed by atoms with E-state index in [2.05, 4.69) is 10.4 Å². The summed E-state index contributed by atoms with van der Waals surface area (Å²) in [5.74, 6) is 0.697. The van der Waals surface area contributed by atoms with Gasteiger partial charge in [0, 0.05) is 13.1 Å². The second kappa shape index (κ2) is 5.92.